The SMILES string of the molecule is CCCCCCCCCCOc1ccc(C(=O)Oc2ccc(C(=O)OCCC(C)CCCC(C)CCCC(C)C)cc2)cc1. The van der Waals surface area contributed by atoms with E-state index in [1.54, 1.807) is 48.5 Å². The van der Waals surface area contributed by atoms with Gasteiger partial charge < -0.3 is 14.2 Å². The van der Waals surface area contributed by atoms with Gasteiger partial charge in [0.15, 0.2) is 0 Å². The monoisotopic (exact) mass is 608 g/mol. The standard InChI is InChI=1S/C39H60O5/c1-6-7-8-9-10-11-12-13-29-42-36-24-20-35(21-25-36)39(41)44-37-26-22-34(23-27-37)38(40)43-30-28-33(5)19-15-18-32(4)17-14-16-31(2)3/h20-27,31-33H,6-19,28-30H2,1-5H3. The Morgan fingerprint density at radius 2 is 1.05 bits per heavy atom. The highest BCUT2D eigenvalue weighted by Crippen LogP contribution is 2.21. The molecule has 0 fully saturated rings. The lowest BCUT2D eigenvalue weighted by Crippen LogP contribution is -2.10. The second kappa shape index (κ2) is 22.7. The Morgan fingerprint density at radius 3 is 1.64 bits per heavy atom. The van der Waals surface area contributed by atoms with Crippen molar-refractivity contribution in [2.24, 2.45) is 17.8 Å². The number of carbonyl (C=O) groups excluding carboxylic acids is 2. The van der Waals surface area contributed by atoms with Crippen molar-refractivity contribution in [1.29, 1.82) is 0 Å². The van der Waals surface area contributed by atoms with Crippen molar-refractivity contribution in [1.82, 2.24) is 0 Å². The molecule has 246 valence electrons. The van der Waals surface area contributed by atoms with Gasteiger partial charge in [0.1, 0.15) is 11.5 Å². The molecule has 0 amide bonds. The molecule has 0 aliphatic heterocycles. The largest absolute Gasteiger partial charge is 0.494 e. The van der Waals surface area contributed by atoms with Crippen LogP contribution in [0.3, 0.4) is 0 Å². The number of esters is 2. The van der Waals surface area contributed by atoms with Crippen LogP contribution >= 0.6 is 0 Å². The van der Waals surface area contributed by atoms with Gasteiger partial charge >= 0.3 is 11.9 Å². The smallest absolute Gasteiger partial charge is 0.343 e. The van der Waals surface area contributed by atoms with Crippen LogP contribution < -0.4 is 9.47 Å². The molecule has 0 bridgehead atoms. The van der Waals surface area contributed by atoms with Gasteiger partial charge in [-0.05, 0) is 79.1 Å². The Morgan fingerprint density at radius 1 is 0.545 bits per heavy atom. The van der Waals surface area contributed by atoms with Gasteiger partial charge in [-0.1, -0.05) is 118 Å². The second-order valence-electron chi connectivity index (χ2n) is 13.2. The minimum atomic E-state index is -0.450. The lowest BCUT2D eigenvalue weighted by atomic mass is 9.93. The summed E-state index contributed by atoms with van der Waals surface area (Å²) < 4.78 is 16.8. The van der Waals surface area contributed by atoms with Crippen molar-refractivity contribution in [3.05, 3.63) is 59.7 Å². The van der Waals surface area contributed by atoms with E-state index in [-0.39, 0.29) is 5.97 Å². The molecule has 2 aromatic rings. The normalized spacial score (nSPS) is 12.6. The van der Waals surface area contributed by atoms with Crippen molar-refractivity contribution in [3.8, 4) is 11.5 Å². The summed E-state index contributed by atoms with van der Waals surface area (Å²) in [5.41, 5.74) is 0.897. The molecule has 2 aromatic carbocycles. The molecule has 0 N–H and O–H groups in total. The van der Waals surface area contributed by atoms with E-state index in [0.29, 0.717) is 36.0 Å². The van der Waals surface area contributed by atoms with Gasteiger partial charge in [-0.2, -0.15) is 0 Å². The Bertz CT molecular complexity index is 1030. The van der Waals surface area contributed by atoms with Crippen LogP contribution in [-0.2, 0) is 4.74 Å². The minimum absolute atomic E-state index is 0.351. The third-order valence-electron chi connectivity index (χ3n) is 8.37. The highest BCUT2D eigenvalue weighted by molar-refractivity contribution is 5.92. The zero-order valence-corrected chi connectivity index (χ0v) is 28.4. The molecule has 2 atom stereocenters. The average Bonchev–Trinajstić information content (AvgIpc) is 3.00. The highest BCUT2D eigenvalue weighted by Gasteiger charge is 2.13. The number of carbonyl (C=O) groups is 2. The molecule has 0 aromatic heterocycles. The van der Waals surface area contributed by atoms with Crippen LogP contribution in [0.4, 0.5) is 0 Å². The number of rotatable bonds is 24. The Kier molecular flexibility index (Phi) is 19.2. The first kappa shape index (κ1) is 37.4. The molecule has 0 heterocycles. The Balaban J connectivity index is 1.61. The maximum absolute atomic E-state index is 12.6. The molecule has 0 aliphatic rings. The zero-order valence-electron chi connectivity index (χ0n) is 28.4. The maximum Gasteiger partial charge on any atom is 0.343 e. The van der Waals surface area contributed by atoms with Crippen molar-refractivity contribution in [3.63, 3.8) is 0 Å². The van der Waals surface area contributed by atoms with Crippen molar-refractivity contribution in [2.45, 2.75) is 131 Å². The second-order valence-corrected chi connectivity index (χ2v) is 13.2. The zero-order chi connectivity index (χ0) is 32.0. The van der Waals surface area contributed by atoms with Crippen LogP contribution in [0.25, 0.3) is 0 Å². The fourth-order valence-electron chi connectivity index (χ4n) is 5.35. The molecule has 0 saturated heterocycles. The van der Waals surface area contributed by atoms with Crippen LogP contribution in [0.5, 0.6) is 11.5 Å². The summed E-state index contributed by atoms with van der Waals surface area (Å²) in [6, 6.07) is 13.6. The molecular formula is C39H60O5. The van der Waals surface area contributed by atoms with Gasteiger partial charge in [0.2, 0.25) is 0 Å². The van der Waals surface area contributed by atoms with Gasteiger partial charge in [0, 0.05) is 0 Å². The Labute approximate surface area is 268 Å². The fraction of sp³-hybridized carbons (Fsp3) is 0.641. The number of benzene rings is 2. The van der Waals surface area contributed by atoms with E-state index in [2.05, 4.69) is 34.6 Å². The molecule has 0 radical (unpaired) electrons. The van der Waals surface area contributed by atoms with Gasteiger partial charge in [-0.25, -0.2) is 9.59 Å². The number of hydrogen-bond donors (Lipinski definition) is 0. The van der Waals surface area contributed by atoms with Crippen LogP contribution in [0.15, 0.2) is 48.5 Å². The van der Waals surface area contributed by atoms with Crippen LogP contribution in [0.1, 0.15) is 152 Å². The van der Waals surface area contributed by atoms with Crippen molar-refractivity contribution < 1.29 is 23.8 Å². The molecule has 5 heteroatoms. The summed E-state index contributed by atoms with van der Waals surface area (Å²) in [6.45, 7) is 12.5. The van der Waals surface area contributed by atoms with Gasteiger partial charge in [0.05, 0.1) is 24.3 Å². The molecule has 0 saturated carbocycles. The van der Waals surface area contributed by atoms with Crippen LogP contribution in [0.2, 0.25) is 0 Å². The van der Waals surface area contributed by atoms with E-state index < -0.39 is 5.97 Å². The van der Waals surface area contributed by atoms with E-state index in [4.69, 9.17) is 14.2 Å². The topological polar surface area (TPSA) is 61.8 Å². The summed E-state index contributed by atoms with van der Waals surface area (Å²) in [5, 5.41) is 0. The van der Waals surface area contributed by atoms with Gasteiger partial charge in [0.25, 0.3) is 0 Å². The summed E-state index contributed by atoms with van der Waals surface area (Å²) in [4.78, 5) is 25.1. The van der Waals surface area contributed by atoms with Gasteiger partial charge in [-0.15, -0.1) is 0 Å². The molecule has 0 spiro atoms. The van der Waals surface area contributed by atoms with Gasteiger partial charge in [-0.3, -0.25) is 0 Å². The van der Waals surface area contributed by atoms with E-state index in [9.17, 15) is 9.59 Å². The Hall–Kier alpha value is -2.82. The van der Waals surface area contributed by atoms with E-state index in [1.807, 2.05) is 0 Å². The first-order valence-electron chi connectivity index (χ1n) is 17.5. The minimum Gasteiger partial charge on any atom is -0.494 e. The maximum atomic E-state index is 12.6. The molecule has 2 rings (SSSR count). The lowest BCUT2D eigenvalue weighted by Gasteiger charge is -2.15. The summed E-state index contributed by atoms with van der Waals surface area (Å²) >= 11 is 0. The first-order valence-corrected chi connectivity index (χ1v) is 17.5. The predicted molar refractivity (Wildman–Crippen MR) is 182 cm³/mol. The predicted octanol–water partition coefficient (Wildman–Crippen LogP) is 11.2. The van der Waals surface area contributed by atoms with E-state index >= 15 is 0 Å². The van der Waals surface area contributed by atoms with Crippen molar-refractivity contribution in [2.75, 3.05) is 13.2 Å². The quantitative estimate of drug-likeness (QED) is 0.0674. The molecular weight excluding hydrogens is 548 g/mol. The molecule has 44 heavy (non-hydrogen) atoms. The van der Waals surface area contributed by atoms with E-state index in [0.717, 1.165) is 30.4 Å². The average molecular weight is 609 g/mol. The molecule has 5 nitrogen and oxygen atoms in total. The van der Waals surface area contributed by atoms with Crippen LogP contribution in [-0.4, -0.2) is 25.2 Å². The fourth-order valence-corrected chi connectivity index (χ4v) is 5.35. The van der Waals surface area contributed by atoms with E-state index in [1.165, 1.54) is 83.5 Å². The number of unbranched alkanes of at least 4 members (excludes halogenated alkanes) is 7. The molecule has 0 aliphatic carbocycles. The highest BCUT2D eigenvalue weighted by atomic mass is 16.5. The number of ether oxygens (including phenoxy) is 3. The molecule has 2 unspecified atom stereocenters. The summed E-state index contributed by atoms with van der Waals surface area (Å²) in [5.74, 6) is 2.45. The number of hydrogen-bond acceptors (Lipinski definition) is 5. The summed E-state index contributed by atoms with van der Waals surface area (Å²) in [7, 11) is 0. The van der Waals surface area contributed by atoms with Crippen molar-refractivity contribution >= 4 is 11.9 Å². The first-order chi connectivity index (χ1) is 21.3. The lowest BCUT2D eigenvalue weighted by molar-refractivity contribution is 0.0483. The third-order valence-corrected chi connectivity index (χ3v) is 8.37. The third kappa shape index (κ3) is 16.9. The summed E-state index contributed by atoms with van der Waals surface area (Å²) in [6.07, 6.45) is 18.6. The van der Waals surface area contributed by atoms with Crippen LogP contribution in [0, 0.1) is 17.8 Å².